The molecule has 1 amide bonds. The number of alkyl halides is 4. The predicted octanol–water partition coefficient (Wildman–Crippen LogP) is 3.49. The van der Waals surface area contributed by atoms with Gasteiger partial charge in [-0.25, -0.2) is 4.39 Å². The maximum absolute atomic E-state index is 12.6. The SMILES string of the molecule is Cc1ccc(NC(=O)C(F)C(F)(F)F)cc1Cl. The van der Waals surface area contributed by atoms with Crippen LogP contribution < -0.4 is 5.32 Å². The molecule has 1 aromatic carbocycles. The van der Waals surface area contributed by atoms with Crippen molar-refractivity contribution in [3.63, 3.8) is 0 Å². The van der Waals surface area contributed by atoms with Crippen LogP contribution in [0.1, 0.15) is 5.56 Å². The third kappa shape index (κ3) is 3.59. The Balaban J connectivity index is 2.78. The Labute approximate surface area is 99.6 Å². The number of anilines is 1. The van der Waals surface area contributed by atoms with Gasteiger partial charge in [0.1, 0.15) is 0 Å². The highest BCUT2D eigenvalue weighted by atomic mass is 35.5. The Morgan fingerprint density at radius 1 is 1.41 bits per heavy atom. The van der Waals surface area contributed by atoms with Crippen molar-refractivity contribution in [3.8, 4) is 0 Å². The van der Waals surface area contributed by atoms with Crippen LogP contribution in [-0.4, -0.2) is 18.3 Å². The molecule has 17 heavy (non-hydrogen) atoms. The molecule has 0 aliphatic rings. The van der Waals surface area contributed by atoms with Gasteiger partial charge in [-0.05, 0) is 24.6 Å². The molecule has 1 unspecified atom stereocenters. The highest BCUT2D eigenvalue weighted by molar-refractivity contribution is 6.31. The molecule has 0 aliphatic heterocycles. The van der Waals surface area contributed by atoms with Crippen LogP contribution in [0.5, 0.6) is 0 Å². The molecule has 0 radical (unpaired) electrons. The number of carbonyl (C=O) groups is 1. The maximum Gasteiger partial charge on any atom is 0.428 e. The molecule has 0 aliphatic carbocycles. The molecule has 0 heterocycles. The molecule has 0 bridgehead atoms. The summed E-state index contributed by atoms with van der Waals surface area (Å²) in [5.41, 5.74) is 0.704. The highest BCUT2D eigenvalue weighted by Crippen LogP contribution is 2.25. The molecule has 1 rings (SSSR count). The summed E-state index contributed by atoms with van der Waals surface area (Å²) < 4.78 is 48.3. The first kappa shape index (κ1) is 13.8. The molecule has 0 spiro atoms. The molecule has 94 valence electrons. The molecule has 0 fully saturated rings. The summed E-state index contributed by atoms with van der Waals surface area (Å²) in [6.07, 6.45) is -8.76. The van der Waals surface area contributed by atoms with Crippen molar-refractivity contribution in [2.24, 2.45) is 0 Å². The fourth-order valence-electron chi connectivity index (χ4n) is 1.02. The first-order valence-electron chi connectivity index (χ1n) is 4.49. The van der Waals surface area contributed by atoms with E-state index in [1.807, 2.05) is 0 Å². The van der Waals surface area contributed by atoms with Crippen molar-refractivity contribution in [1.82, 2.24) is 0 Å². The molecule has 1 aromatic rings. The van der Waals surface area contributed by atoms with Crippen LogP contribution >= 0.6 is 11.6 Å². The fraction of sp³-hybridized carbons (Fsp3) is 0.300. The van der Waals surface area contributed by atoms with Gasteiger partial charge in [-0.15, -0.1) is 0 Å². The standard InChI is InChI=1S/C10H8ClF4NO/c1-5-2-3-6(4-7(5)11)16-9(17)8(12)10(13,14)15/h2-4,8H,1H3,(H,16,17). The number of halogens is 5. The van der Waals surface area contributed by atoms with Crippen LogP contribution in [0.25, 0.3) is 0 Å². The molecule has 1 N–H and O–H groups in total. The minimum atomic E-state index is -5.21. The summed E-state index contributed by atoms with van der Waals surface area (Å²) in [5, 5.41) is 2.07. The number of hydrogen-bond acceptors (Lipinski definition) is 1. The lowest BCUT2D eigenvalue weighted by atomic mass is 10.2. The van der Waals surface area contributed by atoms with Crippen molar-refractivity contribution >= 4 is 23.2 Å². The summed E-state index contributed by atoms with van der Waals surface area (Å²) in [6, 6.07) is 4.08. The monoisotopic (exact) mass is 269 g/mol. The summed E-state index contributed by atoms with van der Waals surface area (Å²) in [4.78, 5) is 10.9. The zero-order valence-corrected chi connectivity index (χ0v) is 9.36. The van der Waals surface area contributed by atoms with Crippen LogP contribution in [0, 0.1) is 6.92 Å². The number of benzene rings is 1. The van der Waals surface area contributed by atoms with E-state index >= 15 is 0 Å². The molecule has 0 saturated carbocycles. The van der Waals surface area contributed by atoms with Crippen LogP contribution in [0.15, 0.2) is 18.2 Å². The van der Waals surface area contributed by atoms with Crippen molar-refractivity contribution in [3.05, 3.63) is 28.8 Å². The minimum Gasteiger partial charge on any atom is -0.323 e. The average Bonchev–Trinajstić information content (AvgIpc) is 2.21. The minimum absolute atomic E-state index is 0.0116. The summed E-state index contributed by atoms with van der Waals surface area (Å²) in [6.45, 7) is 1.68. The van der Waals surface area contributed by atoms with E-state index in [0.717, 1.165) is 0 Å². The lowest BCUT2D eigenvalue weighted by Crippen LogP contribution is -2.36. The van der Waals surface area contributed by atoms with Gasteiger partial charge in [0.05, 0.1) is 0 Å². The molecule has 7 heteroatoms. The molecule has 0 aromatic heterocycles. The fourth-order valence-corrected chi connectivity index (χ4v) is 1.21. The van der Waals surface area contributed by atoms with Gasteiger partial charge in [0.2, 0.25) is 0 Å². The number of nitrogens with one attached hydrogen (secondary N) is 1. The normalized spacial score (nSPS) is 13.3. The Bertz CT molecular complexity index is 433. The lowest BCUT2D eigenvalue weighted by molar-refractivity contribution is -0.183. The summed E-state index contributed by atoms with van der Waals surface area (Å²) >= 11 is 5.70. The lowest BCUT2D eigenvalue weighted by Gasteiger charge is -2.12. The zero-order valence-electron chi connectivity index (χ0n) is 8.61. The second-order valence-corrected chi connectivity index (χ2v) is 3.76. The first-order valence-corrected chi connectivity index (χ1v) is 4.87. The number of carbonyl (C=O) groups excluding carboxylic acids is 1. The van der Waals surface area contributed by atoms with Gasteiger partial charge < -0.3 is 5.32 Å². The zero-order chi connectivity index (χ0) is 13.2. The third-order valence-corrected chi connectivity index (χ3v) is 2.36. The predicted molar refractivity (Wildman–Crippen MR) is 55.8 cm³/mol. The van der Waals surface area contributed by atoms with E-state index < -0.39 is 18.3 Å². The third-order valence-electron chi connectivity index (χ3n) is 1.96. The smallest absolute Gasteiger partial charge is 0.323 e. The Kier molecular flexibility index (Phi) is 3.98. The van der Waals surface area contributed by atoms with Crippen molar-refractivity contribution in [2.75, 3.05) is 5.32 Å². The average molecular weight is 270 g/mol. The van der Waals surface area contributed by atoms with E-state index in [9.17, 15) is 22.4 Å². The van der Waals surface area contributed by atoms with Crippen molar-refractivity contribution in [2.45, 2.75) is 19.3 Å². The molecule has 0 saturated heterocycles. The van der Waals surface area contributed by atoms with Gasteiger partial charge in [-0.2, -0.15) is 13.2 Å². The molecule has 2 nitrogen and oxygen atoms in total. The van der Waals surface area contributed by atoms with E-state index in [-0.39, 0.29) is 10.7 Å². The van der Waals surface area contributed by atoms with Gasteiger partial charge >= 0.3 is 6.18 Å². The van der Waals surface area contributed by atoms with Gasteiger partial charge in [-0.1, -0.05) is 17.7 Å². The van der Waals surface area contributed by atoms with E-state index in [0.29, 0.717) is 5.56 Å². The van der Waals surface area contributed by atoms with Gasteiger partial charge in [-0.3, -0.25) is 4.79 Å². The quantitative estimate of drug-likeness (QED) is 0.818. The Morgan fingerprint density at radius 3 is 2.47 bits per heavy atom. The summed E-state index contributed by atoms with van der Waals surface area (Å²) in [7, 11) is 0. The largest absolute Gasteiger partial charge is 0.428 e. The first-order chi connectivity index (χ1) is 7.71. The second kappa shape index (κ2) is 4.91. The van der Waals surface area contributed by atoms with E-state index in [1.54, 1.807) is 12.2 Å². The van der Waals surface area contributed by atoms with Crippen molar-refractivity contribution in [1.29, 1.82) is 0 Å². The summed E-state index contributed by atoms with van der Waals surface area (Å²) in [5.74, 6) is -1.77. The molecule has 1 atom stereocenters. The molecular weight excluding hydrogens is 262 g/mol. The van der Waals surface area contributed by atoms with Gasteiger partial charge in [0.15, 0.2) is 0 Å². The Hall–Kier alpha value is -1.30. The topological polar surface area (TPSA) is 29.1 Å². The van der Waals surface area contributed by atoms with Crippen LogP contribution in [0.3, 0.4) is 0 Å². The second-order valence-electron chi connectivity index (χ2n) is 3.36. The van der Waals surface area contributed by atoms with Crippen LogP contribution in [0.4, 0.5) is 23.2 Å². The number of rotatable bonds is 2. The van der Waals surface area contributed by atoms with E-state index in [2.05, 4.69) is 0 Å². The van der Waals surface area contributed by atoms with Crippen LogP contribution in [-0.2, 0) is 4.79 Å². The van der Waals surface area contributed by atoms with Crippen molar-refractivity contribution < 1.29 is 22.4 Å². The number of hydrogen-bond donors (Lipinski definition) is 1. The number of aryl methyl sites for hydroxylation is 1. The van der Waals surface area contributed by atoms with Gasteiger partial charge in [0.25, 0.3) is 12.1 Å². The highest BCUT2D eigenvalue weighted by Gasteiger charge is 2.45. The van der Waals surface area contributed by atoms with Crippen LogP contribution in [0.2, 0.25) is 5.02 Å². The van der Waals surface area contributed by atoms with E-state index in [4.69, 9.17) is 11.6 Å². The maximum atomic E-state index is 12.6. The van der Waals surface area contributed by atoms with Gasteiger partial charge in [0, 0.05) is 10.7 Å². The Morgan fingerprint density at radius 2 is 2.00 bits per heavy atom. The molecular formula is C10H8ClF4NO. The van der Waals surface area contributed by atoms with E-state index in [1.165, 1.54) is 18.2 Å². The number of amides is 1.